The lowest BCUT2D eigenvalue weighted by Gasteiger charge is -2.24. The summed E-state index contributed by atoms with van der Waals surface area (Å²) in [6, 6.07) is 13.3. The minimum Gasteiger partial charge on any atom is -0.359 e. The van der Waals surface area contributed by atoms with E-state index in [9.17, 15) is 13.2 Å². The number of fused-ring (bicyclic) bond motifs is 1. The molecule has 0 saturated carbocycles. The molecule has 1 aliphatic rings. The third-order valence-electron chi connectivity index (χ3n) is 5.49. The number of carbonyl (C=O) groups excluding carboxylic acids is 1. The molecule has 0 saturated heterocycles. The highest BCUT2D eigenvalue weighted by Crippen LogP contribution is 2.31. The molecule has 0 spiro atoms. The van der Waals surface area contributed by atoms with Gasteiger partial charge in [-0.05, 0) is 49.6 Å². The summed E-state index contributed by atoms with van der Waals surface area (Å²) in [5, 5.41) is 2.91. The molecule has 1 atom stereocenters. The van der Waals surface area contributed by atoms with E-state index >= 15 is 0 Å². The SMILES string of the molecule is CCN(CC)S(=O)(=O)c1ccc(C)c(NC(=O)CN2c3ccccc3CC2C)c1. The first kappa shape index (κ1) is 21.3. The van der Waals surface area contributed by atoms with Crippen LogP contribution < -0.4 is 10.2 Å². The van der Waals surface area contributed by atoms with Gasteiger partial charge in [-0.3, -0.25) is 4.79 Å². The Bertz CT molecular complexity index is 1000. The van der Waals surface area contributed by atoms with Gasteiger partial charge in [-0.25, -0.2) is 8.42 Å². The predicted octanol–water partition coefficient (Wildman–Crippen LogP) is 3.42. The Hall–Kier alpha value is -2.38. The fraction of sp³-hybridized carbons (Fsp3) is 0.409. The van der Waals surface area contributed by atoms with Gasteiger partial charge in [0.05, 0.1) is 11.4 Å². The maximum atomic E-state index is 12.8. The van der Waals surface area contributed by atoms with Gasteiger partial charge in [-0.2, -0.15) is 4.31 Å². The van der Waals surface area contributed by atoms with Crippen molar-refractivity contribution in [3.8, 4) is 0 Å². The van der Waals surface area contributed by atoms with Gasteiger partial charge < -0.3 is 10.2 Å². The first-order valence-corrected chi connectivity index (χ1v) is 11.5. The van der Waals surface area contributed by atoms with Crippen molar-refractivity contribution in [1.29, 1.82) is 0 Å². The Kier molecular flexibility index (Phi) is 6.29. The van der Waals surface area contributed by atoms with E-state index in [1.807, 2.05) is 39.0 Å². The molecule has 0 radical (unpaired) electrons. The second kappa shape index (κ2) is 8.55. The highest BCUT2D eigenvalue weighted by atomic mass is 32.2. The van der Waals surface area contributed by atoms with Crippen LogP contribution in [0.2, 0.25) is 0 Å². The molecule has 2 aromatic carbocycles. The highest BCUT2D eigenvalue weighted by molar-refractivity contribution is 7.89. The van der Waals surface area contributed by atoms with Gasteiger partial charge in [0, 0.05) is 30.5 Å². The summed E-state index contributed by atoms with van der Waals surface area (Å²) in [5.41, 5.74) is 3.69. The van der Waals surface area contributed by atoms with Gasteiger partial charge in [0.25, 0.3) is 0 Å². The number of carbonyl (C=O) groups is 1. The van der Waals surface area contributed by atoms with E-state index in [-0.39, 0.29) is 23.4 Å². The maximum absolute atomic E-state index is 12.8. The average molecular weight is 416 g/mol. The van der Waals surface area contributed by atoms with Crippen LogP contribution in [0.15, 0.2) is 47.4 Å². The first-order chi connectivity index (χ1) is 13.8. The molecule has 6 nitrogen and oxygen atoms in total. The van der Waals surface area contributed by atoms with Crippen molar-refractivity contribution >= 4 is 27.3 Å². The fourth-order valence-corrected chi connectivity index (χ4v) is 5.31. The third-order valence-corrected chi connectivity index (χ3v) is 7.53. The number of hydrogen-bond donors (Lipinski definition) is 1. The average Bonchev–Trinajstić information content (AvgIpc) is 2.99. The summed E-state index contributed by atoms with van der Waals surface area (Å²) < 4.78 is 27.0. The number of anilines is 2. The first-order valence-electron chi connectivity index (χ1n) is 10.0. The number of amides is 1. The number of para-hydroxylation sites is 1. The van der Waals surface area contributed by atoms with E-state index in [0.717, 1.165) is 17.7 Å². The van der Waals surface area contributed by atoms with Crippen LogP contribution in [0.1, 0.15) is 31.9 Å². The van der Waals surface area contributed by atoms with Crippen LogP contribution in [0.5, 0.6) is 0 Å². The lowest BCUT2D eigenvalue weighted by atomic mass is 10.1. The molecule has 0 bridgehead atoms. The molecule has 3 rings (SSSR count). The number of sulfonamides is 1. The zero-order valence-corrected chi connectivity index (χ0v) is 18.3. The molecule has 29 heavy (non-hydrogen) atoms. The van der Waals surface area contributed by atoms with Crippen molar-refractivity contribution < 1.29 is 13.2 Å². The monoisotopic (exact) mass is 415 g/mol. The highest BCUT2D eigenvalue weighted by Gasteiger charge is 2.27. The molecular weight excluding hydrogens is 386 g/mol. The standard InChI is InChI=1S/C22H29N3O3S/c1-5-24(6-2)29(27,28)19-12-11-16(3)20(14-19)23-22(26)15-25-17(4)13-18-9-7-8-10-21(18)25/h7-12,14,17H,5-6,13,15H2,1-4H3,(H,23,26). The zero-order valence-electron chi connectivity index (χ0n) is 17.5. The molecule has 1 amide bonds. The van der Waals surface area contributed by atoms with Gasteiger partial charge in [0.15, 0.2) is 0 Å². The molecule has 0 aliphatic carbocycles. The van der Waals surface area contributed by atoms with Gasteiger partial charge in [0.1, 0.15) is 0 Å². The van der Waals surface area contributed by atoms with Crippen molar-refractivity contribution in [1.82, 2.24) is 4.31 Å². The molecule has 0 aromatic heterocycles. The maximum Gasteiger partial charge on any atom is 0.243 e. The van der Waals surface area contributed by atoms with E-state index in [2.05, 4.69) is 23.2 Å². The number of rotatable bonds is 7. The third kappa shape index (κ3) is 4.31. The van der Waals surface area contributed by atoms with Gasteiger partial charge in [-0.1, -0.05) is 38.1 Å². The van der Waals surface area contributed by atoms with Crippen LogP contribution in [-0.4, -0.2) is 44.3 Å². The minimum absolute atomic E-state index is 0.158. The number of nitrogens with zero attached hydrogens (tertiary/aromatic N) is 2. The van der Waals surface area contributed by atoms with E-state index < -0.39 is 10.0 Å². The zero-order chi connectivity index (χ0) is 21.2. The molecule has 1 N–H and O–H groups in total. The Morgan fingerprint density at radius 3 is 2.55 bits per heavy atom. The molecule has 2 aromatic rings. The van der Waals surface area contributed by atoms with Crippen molar-refractivity contribution in [2.75, 3.05) is 29.9 Å². The van der Waals surface area contributed by atoms with Crippen molar-refractivity contribution in [3.63, 3.8) is 0 Å². The van der Waals surface area contributed by atoms with Gasteiger partial charge in [0.2, 0.25) is 15.9 Å². The van der Waals surface area contributed by atoms with Crippen LogP contribution >= 0.6 is 0 Å². The molecule has 0 fully saturated rings. The summed E-state index contributed by atoms with van der Waals surface area (Å²) in [6.45, 7) is 8.62. The summed E-state index contributed by atoms with van der Waals surface area (Å²) in [5.74, 6) is -0.158. The quantitative estimate of drug-likeness (QED) is 0.752. The topological polar surface area (TPSA) is 69.7 Å². The van der Waals surface area contributed by atoms with Crippen LogP contribution in [0.3, 0.4) is 0 Å². The van der Waals surface area contributed by atoms with Gasteiger partial charge >= 0.3 is 0 Å². The summed E-state index contributed by atoms with van der Waals surface area (Å²) in [6.07, 6.45) is 0.917. The number of aryl methyl sites for hydroxylation is 1. The minimum atomic E-state index is -3.58. The van der Waals surface area contributed by atoms with Crippen LogP contribution in [0, 0.1) is 6.92 Å². The van der Waals surface area contributed by atoms with Crippen molar-refractivity contribution in [3.05, 3.63) is 53.6 Å². The van der Waals surface area contributed by atoms with Gasteiger partial charge in [-0.15, -0.1) is 0 Å². The lowest BCUT2D eigenvalue weighted by molar-refractivity contribution is -0.115. The fourth-order valence-electron chi connectivity index (χ4n) is 3.82. The molecule has 1 aliphatic heterocycles. The van der Waals surface area contributed by atoms with Crippen molar-refractivity contribution in [2.45, 2.75) is 45.1 Å². The molecule has 1 unspecified atom stereocenters. The molecule has 1 heterocycles. The molecule has 7 heteroatoms. The smallest absolute Gasteiger partial charge is 0.243 e. The van der Waals surface area contributed by atoms with E-state index in [4.69, 9.17) is 0 Å². The lowest BCUT2D eigenvalue weighted by Crippen LogP contribution is -2.37. The van der Waals surface area contributed by atoms with Crippen LogP contribution in [-0.2, 0) is 21.2 Å². The summed E-state index contributed by atoms with van der Waals surface area (Å²) in [4.78, 5) is 15.1. The predicted molar refractivity (Wildman–Crippen MR) is 117 cm³/mol. The number of benzene rings is 2. The van der Waals surface area contributed by atoms with Crippen molar-refractivity contribution in [2.24, 2.45) is 0 Å². The Morgan fingerprint density at radius 1 is 1.17 bits per heavy atom. The summed E-state index contributed by atoms with van der Waals surface area (Å²) >= 11 is 0. The number of hydrogen-bond acceptors (Lipinski definition) is 4. The largest absolute Gasteiger partial charge is 0.359 e. The second-order valence-electron chi connectivity index (χ2n) is 7.42. The van der Waals surface area contributed by atoms with Crippen LogP contribution in [0.4, 0.5) is 11.4 Å². The Labute approximate surface area is 173 Å². The van der Waals surface area contributed by atoms with E-state index in [0.29, 0.717) is 18.8 Å². The Morgan fingerprint density at radius 2 is 1.86 bits per heavy atom. The second-order valence-corrected chi connectivity index (χ2v) is 9.36. The van der Waals surface area contributed by atoms with E-state index in [1.54, 1.807) is 18.2 Å². The van der Waals surface area contributed by atoms with Crippen LogP contribution in [0.25, 0.3) is 0 Å². The normalized spacial score (nSPS) is 16.2. The molecule has 156 valence electrons. The molecular formula is C22H29N3O3S. The number of nitrogens with one attached hydrogen (secondary N) is 1. The Balaban J connectivity index is 1.79. The van der Waals surface area contributed by atoms with E-state index in [1.165, 1.54) is 9.87 Å². The summed E-state index contributed by atoms with van der Waals surface area (Å²) in [7, 11) is -3.58.